The van der Waals surface area contributed by atoms with Gasteiger partial charge in [-0.2, -0.15) is 0 Å². The van der Waals surface area contributed by atoms with E-state index in [1.54, 1.807) is 14.2 Å². The quantitative estimate of drug-likeness (QED) is 0.832. The molecule has 2 rings (SSSR count). The number of ether oxygens (including phenoxy) is 3. The number of methoxy groups -OCH3 is 2. The number of hydrogen-bond donors (Lipinski definition) is 1. The lowest BCUT2D eigenvalue weighted by atomic mass is 10.1. The van der Waals surface area contributed by atoms with E-state index in [9.17, 15) is 0 Å². The first kappa shape index (κ1) is 15.1. The summed E-state index contributed by atoms with van der Waals surface area (Å²) in [6.07, 6.45) is 2.25. The zero-order valence-electron chi connectivity index (χ0n) is 12.9. The van der Waals surface area contributed by atoms with Gasteiger partial charge in [0.1, 0.15) is 17.6 Å². The molecule has 0 saturated heterocycles. The summed E-state index contributed by atoms with van der Waals surface area (Å²) in [4.78, 5) is 0. The van der Waals surface area contributed by atoms with E-state index in [4.69, 9.17) is 14.2 Å². The molecule has 0 radical (unpaired) electrons. The monoisotopic (exact) mass is 279 g/mol. The zero-order chi connectivity index (χ0) is 14.5. The van der Waals surface area contributed by atoms with Gasteiger partial charge in [0.05, 0.1) is 13.7 Å². The molecule has 1 heterocycles. The van der Waals surface area contributed by atoms with Crippen LogP contribution in [0.3, 0.4) is 0 Å². The van der Waals surface area contributed by atoms with Crippen LogP contribution in [0.5, 0.6) is 11.5 Å². The molecule has 2 unspecified atom stereocenters. The van der Waals surface area contributed by atoms with Crippen molar-refractivity contribution in [1.29, 1.82) is 0 Å². The predicted octanol–water partition coefficient (Wildman–Crippen LogP) is 2.53. The summed E-state index contributed by atoms with van der Waals surface area (Å²) in [6, 6.07) is 4.56. The molecule has 0 bridgehead atoms. The van der Waals surface area contributed by atoms with E-state index in [0.29, 0.717) is 6.04 Å². The van der Waals surface area contributed by atoms with Crippen molar-refractivity contribution < 1.29 is 14.2 Å². The Morgan fingerprint density at radius 2 is 2.20 bits per heavy atom. The average molecular weight is 279 g/mol. The lowest BCUT2D eigenvalue weighted by molar-refractivity contribution is 0.163. The van der Waals surface area contributed by atoms with Crippen molar-refractivity contribution in [2.24, 2.45) is 0 Å². The van der Waals surface area contributed by atoms with Crippen molar-refractivity contribution >= 4 is 0 Å². The third-order valence-corrected chi connectivity index (χ3v) is 3.74. The zero-order valence-corrected chi connectivity index (χ0v) is 12.9. The van der Waals surface area contributed by atoms with Gasteiger partial charge in [0.15, 0.2) is 0 Å². The Hall–Kier alpha value is -1.26. The van der Waals surface area contributed by atoms with Gasteiger partial charge in [-0.05, 0) is 25.5 Å². The molecule has 0 aliphatic carbocycles. The molecule has 1 aromatic carbocycles. The number of benzene rings is 1. The van der Waals surface area contributed by atoms with Gasteiger partial charge in [-0.25, -0.2) is 0 Å². The van der Waals surface area contributed by atoms with Gasteiger partial charge in [-0.15, -0.1) is 0 Å². The summed E-state index contributed by atoms with van der Waals surface area (Å²) >= 11 is 0. The highest BCUT2D eigenvalue weighted by atomic mass is 16.5. The maximum Gasteiger partial charge on any atom is 0.123 e. The summed E-state index contributed by atoms with van der Waals surface area (Å²) in [6.45, 7) is 5.73. The van der Waals surface area contributed by atoms with Crippen LogP contribution in [0.25, 0.3) is 0 Å². The Morgan fingerprint density at radius 3 is 2.85 bits per heavy atom. The molecule has 0 amide bonds. The van der Waals surface area contributed by atoms with Crippen molar-refractivity contribution in [3.63, 3.8) is 0 Å². The molecular weight excluding hydrogens is 254 g/mol. The van der Waals surface area contributed by atoms with Gasteiger partial charge < -0.3 is 19.5 Å². The lowest BCUT2D eigenvalue weighted by Crippen LogP contribution is -2.32. The first-order chi connectivity index (χ1) is 9.67. The molecule has 1 aliphatic rings. The third-order valence-electron chi connectivity index (χ3n) is 3.74. The molecule has 1 aliphatic heterocycles. The number of nitrogens with one attached hydrogen (secondary N) is 1. The smallest absolute Gasteiger partial charge is 0.123 e. The molecule has 0 fully saturated rings. The molecule has 112 valence electrons. The van der Waals surface area contributed by atoms with Crippen molar-refractivity contribution in [3.05, 3.63) is 23.3 Å². The number of rotatable bonds is 7. The second-order valence-electron chi connectivity index (χ2n) is 5.35. The van der Waals surface area contributed by atoms with E-state index in [-0.39, 0.29) is 6.10 Å². The van der Waals surface area contributed by atoms with Gasteiger partial charge in [-0.1, -0.05) is 6.92 Å². The predicted molar refractivity (Wildman–Crippen MR) is 79.6 cm³/mol. The van der Waals surface area contributed by atoms with Crippen LogP contribution in [0.15, 0.2) is 12.1 Å². The Labute approximate surface area is 121 Å². The molecule has 20 heavy (non-hydrogen) atoms. The molecule has 4 nitrogen and oxygen atoms in total. The first-order valence-corrected chi connectivity index (χ1v) is 7.26. The normalized spacial score (nSPS) is 18.5. The standard InChI is InChI=1S/C16H25NO3/c1-5-14(10-18-3)17-9-13-8-16-12(6-11(2)20-16)7-15(13)19-4/h7-8,11,14,17H,5-6,9-10H2,1-4H3. The first-order valence-electron chi connectivity index (χ1n) is 7.26. The number of hydrogen-bond acceptors (Lipinski definition) is 4. The van der Waals surface area contributed by atoms with Crippen LogP contribution in [-0.4, -0.2) is 33.0 Å². The topological polar surface area (TPSA) is 39.7 Å². The largest absolute Gasteiger partial charge is 0.496 e. The fourth-order valence-corrected chi connectivity index (χ4v) is 2.59. The van der Waals surface area contributed by atoms with Crippen LogP contribution in [0.4, 0.5) is 0 Å². The third kappa shape index (κ3) is 3.44. The Morgan fingerprint density at radius 1 is 1.40 bits per heavy atom. The maximum atomic E-state index is 5.82. The molecule has 0 spiro atoms. The van der Waals surface area contributed by atoms with Crippen molar-refractivity contribution in [2.45, 2.75) is 45.4 Å². The van der Waals surface area contributed by atoms with Gasteiger partial charge in [0, 0.05) is 37.2 Å². The SMILES string of the molecule is CCC(COC)NCc1cc2c(cc1OC)CC(C)O2. The van der Waals surface area contributed by atoms with Gasteiger partial charge in [0.2, 0.25) is 0 Å². The van der Waals surface area contributed by atoms with E-state index < -0.39 is 0 Å². The van der Waals surface area contributed by atoms with Crippen molar-refractivity contribution in [2.75, 3.05) is 20.8 Å². The van der Waals surface area contributed by atoms with Crippen LogP contribution in [0.1, 0.15) is 31.4 Å². The van der Waals surface area contributed by atoms with E-state index in [2.05, 4.69) is 31.3 Å². The van der Waals surface area contributed by atoms with Crippen LogP contribution in [-0.2, 0) is 17.7 Å². The second kappa shape index (κ2) is 6.95. The molecule has 2 atom stereocenters. The molecule has 4 heteroatoms. The van der Waals surface area contributed by atoms with Crippen molar-refractivity contribution in [3.8, 4) is 11.5 Å². The minimum atomic E-state index is 0.259. The van der Waals surface area contributed by atoms with Gasteiger partial charge in [0.25, 0.3) is 0 Å². The van der Waals surface area contributed by atoms with Crippen LogP contribution >= 0.6 is 0 Å². The van der Waals surface area contributed by atoms with Crippen molar-refractivity contribution in [1.82, 2.24) is 5.32 Å². The minimum Gasteiger partial charge on any atom is -0.496 e. The van der Waals surface area contributed by atoms with Crippen LogP contribution in [0.2, 0.25) is 0 Å². The summed E-state index contributed by atoms with van der Waals surface area (Å²) in [5.74, 6) is 1.93. The van der Waals surface area contributed by atoms with E-state index >= 15 is 0 Å². The van der Waals surface area contributed by atoms with E-state index in [1.807, 2.05) is 0 Å². The number of fused-ring (bicyclic) bond motifs is 1. The average Bonchev–Trinajstić information content (AvgIpc) is 2.81. The highest BCUT2D eigenvalue weighted by Gasteiger charge is 2.21. The molecule has 1 N–H and O–H groups in total. The highest BCUT2D eigenvalue weighted by Crippen LogP contribution is 2.34. The summed E-state index contributed by atoms with van der Waals surface area (Å²) in [7, 11) is 3.45. The summed E-state index contributed by atoms with van der Waals surface area (Å²) < 4.78 is 16.5. The minimum absolute atomic E-state index is 0.259. The van der Waals surface area contributed by atoms with Crippen LogP contribution in [0, 0.1) is 0 Å². The molecule has 0 aromatic heterocycles. The van der Waals surface area contributed by atoms with E-state index in [1.165, 1.54) is 5.56 Å². The summed E-state index contributed by atoms with van der Waals surface area (Å²) in [5, 5.41) is 3.50. The van der Waals surface area contributed by atoms with Gasteiger partial charge in [-0.3, -0.25) is 0 Å². The van der Waals surface area contributed by atoms with Gasteiger partial charge >= 0.3 is 0 Å². The summed E-state index contributed by atoms with van der Waals surface area (Å²) in [5.41, 5.74) is 2.37. The Kier molecular flexibility index (Phi) is 5.26. The fourth-order valence-electron chi connectivity index (χ4n) is 2.59. The molecule has 0 saturated carbocycles. The Bertz CT molecular complexity index is 448. The highest BCUT2D eigenvalue weighted by molar-refractivity contribution is 5.48. The Balaban J connectivity index is 2.09. The lowest BCUT2D eigenvalue weighted by Gasteiger charge is -2.17. The van der Waals surface area contributed by atoms with E-state index in [0.717, 1.165) is 43.1 Å². The molecule has 1 aromatic rings. The fraction of sp³-hybridized carbons (Fsp3) is 0.625. The second-order valence-corrected chi connectivity index (χ2v) is 5.35. The molecular formula is C16H25NO3. The van der Waals surface area contributed by atoms with Crippen LogP contribution < -0.4 is 14.8 Å². The maximum absolute atomic E-state index is 5.82.